The van der Waals surface area contributed by atoms with Crippen LogP contribution in [-0.4, -0.2) is 30.7 Å². The summed E-state index contributed by atoms with van der Waals surface area (Å²) in [7, 11) is 1.60. The van der Waals surface area contributed by atoms with Gasteiger partial charge in [-0.3, -0.25) is 9.78 Å². The number of methoxy groups -OCH3 is 1. The summed E-state index contributed by atoms with van der Waals surface area (Å²) in [5, 5.41) is 3.75. The smallest absolute Gasteiger partial charge is 0.250 e. The minimum atomic E-state index is -0.179. The molecule has 2 rings (SSSR count). The van der Waals surface area contributed by atoms with Gasteiger partial charge in [-0.25, -0.2) is 0 Å². The molecule has 0 saturated heterocycles. The molecule has 0 spiro atoms. The Kier molecular flexibility index (Phi) is 4.75. The summed E-state index contributed by atoms with van der Waals surface area (Å²) in [4.78, 5) is 16.4. The van der Waals surface area contributed by atoms with Crippen LogP contribution in [0.25, 0.3) is 10.9 Å². The highest BCUT2D eigenvalue weighted by Crippen LogP contribution is 2.30. The standard InChI is InChI=1S/C16H20N2O3/c1-10(2)21-9-14(19)18-15-11(3)8-17-16-12(15)6-5-7-13(16)20-4/h5-8,10H,9H2,1-4H3,(H,17,18,19). The highest BCUT2D eigenvalue weighted by molar-refractivity contribution is 6.03. The largest absolute Gasteiger partial charge is 0.494 e. The fourth-order valence-corrected chi connectivity index (χ4v) is 2.04. The fourth-order valence-electron chi connectivity index (χ4n) is 2.04. The van der Waals surface area contributed by atoms with Crippen molar-refractivity contribution in [3.63, 3.8) is 0 Å². The number of ether oxygens (including phenoxy) is 2. The molecule has 1 heterocycles. The predicted molar refractivity (Wildman–Crippen MR) is 82.7 cm³/mol. The highest BCUT2D eigenvalue weighted by Gasteiger charge is 2.12. The molecular formula is C16H20N2O3. The Balaban J connectivity index is 2.34. The van der Waals surface area contributed by atoms with E-state index in [-0.39, 0.29) is 18.6 Å². The molecule has 5 nitrogen and oxygen atoms in total. The van der Waals surface area contributed by atoms with E-state index < -0.39 is 0 Å². The van der Waals surface area contributed by atoms with E-state index in [0.29, 0.717) is 5.75 Å². The van der Waals surface area contributed by atoms with E-state index in [1.54, 1.807) is 13.3 Å². The van der Waals surface area contributed by atoms with Gasteiger partial charge >= 0.3 is 0 Å². The molecule has 5 heteroatoms. The molecule has 1 amide bonds. The molecule has 21 heavy (non-hydrogen) atoms. The fraction of sp³-hybridized carbons (Fsp3) is 0.375. The van der Waals surface area contributed by atoms with Crippen molar-refractivity contribution in [1.29, 1.82) is 0 Å². The van der Waals surface area contributed by atoms with Crippen LogP contribution in [-0.2, 0) is 9.53 Å². The first-order chi connectivity index (χ1) is 10.0. The van der Waals surface area contributed by atoms with Crippen molar-refractivity contribution in [2.24, 2.45) is 0 Å². The molecule has 0 unspecified atom stereocenters. The topological polar surface area (TPSA) is 60.5 Å². The molecule has 1 N–H and O–H groups in total. The summed E-state index contributed by atoms with van der Waals surface area (Å²) >= 11 is 0. The molecule has 0 atom stereocenters. The number of nitrogens with zero attached hydrogens (tertiary/aromatic N) is 1. The number of rotatable bonds is 5. The van der Waals surface area contributed by atoms with Crippen LogP contribution in [0.2, 0.25) is 0 Å². The lowest BCUT2D eigenvalue weighted by Gasteiger charge is -2.14. The Hall–Kier alpha value is -2.14. The first-order valence-corrected chi connectivity index (χ1v) is 6.86. The minimum absolute atomic E-state index is 0.0196. The lowest BCUT2D eigenvalue weighted by atomic mass is 10.1. The number of nitrogens with one attached hydrogen (secondary N) is 1. The van der Waals surface area contributed by atoms with Crippen LogP contribution < -0.4 is 10.1 Å². The molecule has 0 saturated carbocycles. The predicted octanol–water partition coefficient (Wildman–Crippen LogP) is 2.92. The van der Waals surface area contributed by atoms with Gasteiger partial charge in [0, 0.05) is 11.6 Å². The minimum Gasteiger partial charge on any atom is -0.494 e. The maximum Gasteiger partial charge on any atom is 0.250 e. The van der Waals surface area contributed by atoms with E-state index in [1.807, 2.05) is 39.0 Å². The number of pyridine rings is 1. The number of amides is 1. The third-order valence-electron chi connectivity index (χ3n) is 3.08. The van der Waals surface area contributed by atoms with Crippen molar-refractivity contribution in [3.8, 4) is 5.75 Å². The van der Waals surface area contributed by atoms with Gasteiger partial charge in [-0.2, -0.15) is 0 Å². The lowest BCUT2D eigenvalue weighted by molar-refractivity contribution is -0.121. The number of para-hydroxylation sites is 1. The van der Waals surface area contributed by atoms with E-state index in [0.717, 1.165) is 22.2 Å². The Morgan fingerprint density at radius 2 is 2.14 bits per heavy atom. The third kappa shape index (κ3) is 3.49. The van der Waals surface area contributed by atoms with Crippen LogP contribution in [0.5, 0.6) is 5.75 Å². The van der Waals surface area contributed by atoms with E-state index in [9.17, 15) is 4.79 Å². The molecule has 2 aromatic rings. The van der Waals surface area contributed by atoms with Crippen molar-refractivity contribution < 1.29 is 14.3 Å². The second-order valence-corrected chi connectivity index (χ2v) is 5.08. The van der Waals surface area contributed by atoms with Gasteiger partial charge < -0.3 is 14.8 Å². The molecule has 0 aliphatic heterocycles. The monoisotopic (exact) mass is 288 g/mol. The van der Waals surface area contributed by atoms with Crippen LogP contribution >= 0.6 is 0 Å². The molecule has 1 aromatic carbocycles. The summed E-state index contributed by atoms with van der Waals surface area (Å²) in [6.45, 7) is 5.73. The van der Waals surface area contributed by atoms with Gasteiger partial charge in [-0.1, -0.05) is 12.1 Å². The summed E-state index contributed by atoms with van der Waals surface area (Å²) in [6, 6.07) is 5.64. The number of hydrogen-bond acceptors (Lipinski definition) is 4. The van der Waals surface area contributed by atoms with E-state index in [2.05, 4.69) is 10.3 Å². The third-order valence-corrected chi connectivity index (χ3v) is 3.08. The first kappa shape index (κ1) is 15.3. The average Bonchev–Trinajstić information content (AvgIpc) is 2.47. The molecule has 0 radical (unpaired) electrons. The number of fused-ring (bicyclic) bond motifs is 1. The first-order valence-electron chi connectivity index (χ1n) is 6.86. The van der Waals surface area contributed by atoms with Gasteiger partial charge in [0.25, 0.3) is 0 Å². The summed E-state index contributed by atoms with van der Waals surface area (Å²) < 4.78 is 10.6. The van der Waals surface area contributed by atoms with Gasteiger partial charge in [0.15, 0.2) is 0 Å². The normalized spacial score (nSPS) is 10.9. The summed E-state index contributed by atoms with van der Waals surface area (Å²) in [6.07, 6.45) is 1.75. The highest BCUT2D eigenvalue weighted by atomic mass is 16.5. The van der Waals surface area contributed by atoms with Crippen LogP contribution in [0.3, 0.4) is 0 Å². The number of benzene rings is 1. The zero-order valence-electron chi connectivity index (χ0n) is 12.8. The molecule has 0 fully saturated rings. The Labute approximate surface area is 124 Å². The van der Waals surface area contributed by atoms with Gasteiger partial charge in [-0.05, 0) is 32.4 Å². The zero-order chi connectivity index (χ0) is 15.4. The van der Waals surface area contributed by atoms with Crippen molar-refractivity contribution >= 4 is 22.5 Å². The number of aryl methyl sites for hydroxylation is 1. The molecule has 112 valence electrons. The Bertz CT molecular complexity index is 653. The van der Waals surface area contributed by atoms with Crippen molar-refractivity contribution in [1.82, 2.24) is 4.98 Å². The number of carbonyl (C=O) groups is 1. The molecule has 0 aliphatic rings. The van der Waals surface area contributed by atoms with Gasteiger partial charge in [0.05, 0.1) is 18.9 Å². The molecule has 1 aromatic heterocycles. The molecular weight excluding hydrogens is 268 g/mol. The van der Waals surface area contributed by atoms with Crippen molar-refractivity contribution in [2.45, 2.75) is 26.9 Å². The maximum atomic E-state index is 12.0. The van der Waals surface area contributed by atoms with Gasteiger partial charge in [-0.15, -0.1) is 0 Å². The summed E-state index contributed by atoms with van der Waals surface area (Å²) in [5.74, 6) is 0.503. The van der Waals surface area contributed by atoms with Crippen molar-refractivity contribution in [3.05, 3.63) is 30.0 Å². The number of anilines is 1. The van der Waals surface area contributed by atoms with E-state index >= 15 is 0 Å². The quantitative estimate of drug-likeness (QED) is 0.919. The molecule has 0 aliphatic carbocycles. The number of carbonyl (C=O) groups excluding carboxylic acids is 1. The number of aromatic nitrogens is 1. The lowest BCUT2D eigenvalue weighted by Crippen LogP contribution is -2.21. The average molecular weight is 288 g/mol. The Morgan fingerprint density at radius 3 is 2.81 bits per heavy atom. The van der Waals surface area contributed by atoms with E-state index in [4.69, 9.17) is 9.47 Å². The van der Waals surface area contributed by atoms with E-state index in [1.165, 1.54) is 0 Å². The van der Waals surface area contributed by atoms with Gasteiger partial charge in [0.2, 0.25) is 5.91 Å². The second kappa shape index (κ2) is 6.54. The molecule has 0 bridgehead atoms. The maximum absolute atomic E-state index is 12.0. The van der Waals surface area contributed by atoms with Crippen LogP contribution in [0.4, 0.5) is 5.69 Å². The summed E-state index contributed by atoms with van der Waals surface area (Å²) in [5.41, 5.74) is 2.37. The SMILES string of the molecule is COc1cccc2c(NC(=O)COC(C)C)c(C)cnc12. The Morgan fingerprint density at radius 1 is 1.38 bits per heavy atom. The second-order valence-electron chi connectivity index (χ2n) is 5.08. The van der Waals surface area contributed by atoms with Crippen LogP contribution in [0.1, 0.15) is 19.4 Å². The van der Waals surface area contributed by atoms with Crippen LogP contribution in [0.15, 0.2) is 24.4 Å². The number of hydrogen-bond donors (Lipinski definition) is 1. The van der Waals surface area contributed by atoms with Crippen LogP contribution in [0, 0.1) is 6.92 Å². The van der Waals surface area contributed by atoms with Gasteiger partial charge in [0.1, 0.15) is 17.9 Å². The van der Waals surface area contributed by atoms with Crippen molar-refractivity contribution in [2.75, 3.05) is 19.0 Å². The zero-order valence-corrected chi connectivity index (χ0v) is 12.8.